The third-order valence-electron chi connectivity index (χ3n) is 5.98. The minimum Gasteiger partial charge on any atom is -0.454 e. The van der Waals surface area contributed by atoms with Gasteiger partial charge in [0.1, 0.15) is 6.04 Å². The van der Waals surface area contributed by atoms with Crippen molar-refractivity contribution in [2.75, 3.05) is 33.6 Å². The van der Waals surface area contributed by atoms with E-state index in [0.29, 0.717) is 41.6 Å². The molecule has 4 heterocycles. The lowest BCUT2D eigenvalue weighted by Crippen LogP contribution is -2.36. The molecule has 2 aromatic heterocycles. The molecule has 0 saturated carbocycles. The van der Waals surface area contributed by atoms with Crippen LogP contribution in [-0.2, 0) is 11.3 Å². The van der Waals surface area contributed by atoms with Crippen molar-refractivity contribution in [2.45, 2.75) is 38.3 Å². The second-order valence-electron chi connectivity index (χ2n) is 7.95. The molecule has 0 radical (unpaired) electrons. The zero-order chi connectivity index (χ0) is 21.2. The number of tetrazole rings is 1. The first kappa shape index (κ1) is 20.0. The Morgan fingerprint density at radius 3 is 2.68 bits per heavy atom. The van der Waals surface area contributed by atoms with Gasteiger partial charge in [0.2, 0.25) is 6.79 Å². The van der Waals surface area contributed by atoms with E-state index < -0.39 is 0 Å². The van der Waals surface area contributed by atoms with Crippen molar-refractivity contribution in [3.8, 4) is 11.5 Å². The van der Waals surface area contributed by atoms with Crippen LogP contribution in [0.3, 0.4) is 0 Å². The molecule has 0 amide bonds. The number of fused-ring (bicyclic) bond motifs is 2. The van der Waals surface area contributed by atoms with E-state index in [9.17, 15) is 4.79 Å². The zero-order valence-corrected chi connectivity index (χ0v) is 17.5. The third-order valence-corrected chi connectivity index (χ3v) is 5.98. The Morgan fingerprint density at radius 2 is 1.90 bits per heavy atom. The number of likely N-dealkylation sites (tertiary alicyclic amines) is 1. The topological polar surface area (TPSA) is 107 Å². The maximum absolute atomic E-state index is 13.3. The van der Waals surface area contributed by atoms with Crippen molar-refractivity contribution in [3.05, 3.63) is 39.9 Å². The van der Waals surface area contributed by atoms with E-state index in [-0.39, 0.29) is 18.4 Å². The minimum atomic E-state index is -0.344. The second kappa shape index (κ2) is 8.64. The molecule has 1 fully saturated rings. The van der Waals surface area contributed by atoms with Crippen LogP contribution >= 0.6 is 0 Å². The summed E-state index contributed by atoms with van der Waals surface area (Å²) in [5.41, 5.74) is 1.19. The summed E-state index contributed by atoms with van der Waals surface area (Å²) in [5.74, 6) is 1.98. The molecule has 0 aliphatic carbocycles. The van der Waals surface area contributed by atoms with Crippen LogP contribution in [-0.4, -0.2) is 63.7 Å². The van der Waals surface area contributed by atoms with E-state index in [1.807, 2.05) is 18.2 Å². The molecular formula is C21H26N6O4. The highest BCUT2D eigenvalue weighted by Gasteiger charge is 2.31. The monoisotopic (exact) mass is 426 g/mol. The van der Waals surface area contributed by atoms with Gasteiger partial charge >= 0.3 is 0 Å². The lowest BCUT2D eigenvalue weighted by atomic mass is 10.0. The van der Waals surface area contributed by atoms with E-state index in [2.05, 4.69) is 25.4 Å². The predicted octanol–water partition coefficient (Wildman–Crippen LogP) is 1.86. The smallest absolute Gasteiger partial charge is 0.253 e. The number of H-pyrrole nitrogens is 1. The van der Waals surface area contributed by atoms with Gasteiger partial charge in [-0.15, -0.1) is 5.10 Å². The van der Waals surface area contributed by atoms with Gasteiger partial charge in [0.25, 0.3) is 5.56 Å². The summed E-state index contributed by atoms with van der Waals surface area (Å²) in [4.78, 5) is 18.6. The Hall–Kier alpha value is -2.98. The molecule has 31 heavy (non-hydrogen) atoms. The van der Waals surface area contributed by atoms with Gasteiger partial charge in [-0.05, 0) is 48.5 Å². The van der Waals surface area contributed by atoms with Crippen LogP contribution in [0.25, 0.3) is 10.9 Å². The number of methoxy groups -OCH3 is 1. The molecule has 10 heteroatoms. The van der Waals surface area contributed by atoms with Crippen LogP contribution in [0.4, 0.5) is 0 Å². The Morgan fingerprint density at radius 1 is 1.13 bits per heavy atom. The molecule has 164 valence electrons. The number of pyridine rings is 1. The van der Waals surface area contributed by atoms with E-state index in [4.69, 9.17) is 14.2 Å². The summed E-state index contributed by atoms with van der Waals surface area (Å²) >= 11 is 0. The van der Waals surface area contributed by atoms with Crippen molar-refractivity contribution in [1.82, 2.24) is 30.1 Å². The van der Waals surface area contributed by atoms with Crippen molar-refractivity contribution >= 4 is 10.9 Å². The average Bonchev–Trinajstić information content (AvgIpc) is 3.33. The quantitative estimate of drug-likeness (QED) is 0.636. The lowest BCUT2D eigenvalue weighted by Gasteiger charge is -2.29. The molecule has 1 saturated heterocycles. The predicted molar refractivity (Wildman–Crippen MR) is 112 cm³/mol. The van der Waals surface area contributed by atoms with E-state index >= 15 is 0 Å². The third kappa shape index (κ3) is 3.88. The molecule has 0 spiro atoms. The van der Waals surface area contributed by atoms with Gasteiger partial charge in [-0.2, -0.15) is 0 Å². The van der Waals surface area contributed by atoms with E-state index in [0.717, 1.165) is 31.3 Å². The zero-order valence-electron chi connectivity index (χ0n) is 17.5. The molecule has 1 N–H and O–H groups in total. The SMILES string of the molecule is COCCn1nnnc1[C@@H](c1cc2cc3c(cc2[nH]c1=O)OCO3)N1CCCCCC1. The Balaban J connectivity index is 1.63. The van der Waals surface area contributed by atoms with Gasteiger partial charge in [0.15, 0.2) is 17.3 Å². The Kier molecular flexibility index (Phi) is 5.56. The van der Waals surface area contributed by atoms with Crippen molar-refractivity contribution in [3.63, 3.8) is 0 Å². The summed E-state index contributed by atoms with van der Waals surface area (Å²) < 4.78 is 17.9. The second-order valence-corrected chi connectivity index (χ2v) is 7.95. The first-order chi connectivity index (χ1) is 15.2. The first-order valence-corrected chi connectivity index (χ1v) is 10.7. The number of benzene rings is 1. The Bertz CT molecular complexity index is 1120. The highest BCUT2D eigenvalue weighted by atomic mass is 16.7. The van der Waals surface area contributed by atoms with E-state index in [1.165, 1.54) is 12.8 Å². The van der Waals surface area contributed by atoms with Crippen LogP contribution in [0.1, 0.15) is 43.1 Å². The van der Waals surface area contributed by atoms with Gasteiger partial charge in [-0.25, -0.2) is 4.68 Å². The first-order valence-electron chi connectivity index (χ1n) is 10.7. The Labute approximate surface area is 179 Å². The van der Waals surface area contributed by atoms with Gasteiger partial charge in [-0.3, -0.25) is 9.69 Å². The number of hydrogen-bond acceptors (Lipinski definition) is 8. The molecule has 1 aromatic carbocycles. The molecule has 5 rings (SSSR count). The number of aromatic amines is 1. The fourth-order valence-corrected chi connectivity index (χ4v) is 4.41. The fraction of sp³-hybridized carbons (Fsp3) is 0.524. The molecule has 2 aliphatic rings. The molecule has 10 nitrogen and oxygen atoms in total. The fourth-order valence-electron chi connectivity index (χ4n) is 4.41. The maximum Gasteiger partial charge on any atom is 0.253 e. The molecule has 0 unspecified atom stereocenters. The molecular weight excluding hydrogens is 400 g/mol. The maximum atomic E-state index is 13.3. The van der Waals surface area contributed by atoms with Crippen LogP contribution in [0.2, 0.25) is 0 Å². The van der Waals surface area contributed by atoms with E-state index in [1.54, 1.807) is 11.8 Å². The van der Waals surface area contributed by atoms with Crippen LogP contribution in [0.5, 0.6) is 11.5 Å². The largest absolute Gasteiger partial charge is 0.454 e. The highest BCUT2D eigenvalue weighted by Crippen LogP contribution is 2.36. The van der Waals surface area contributed by atoms with Crippen LogP contribution in [0, 0.1) is 0 Å². The van der Waals surface area contributed by atoms with Gasteiger partial charge in [0, 0.05) is 24.1 Å². The summed E-state index contributed by atoms with van der Waals surface area (Å²) in [7, 11) is 1.65. The van der Waals surface area contributed by atoms with Gasteiger partial charge in [-0.1, -0.05) is 12.8 Å². The molecule has 3 aromatic rings. The average molecular weight is 426 g/mol. The number of ether oxygens (including phenoxy) is 3. The summed E-state index contributed by atoms with van der Waals surface area (Å²) in [6.45, 7) is 2.98. The number of aromatic nitrogens is 5. The number of rotatable bonds is 6. The lowest BCUT2D eigenvalue weighted by molar-refractivity contribution is 0.174. The van der Waals surface area contributed by atoms with Crippen LogP contribution < -0.4 is 15.0 Å². The summed E-state index contributed by atoms with van der Waals surface area (Å²) in [6.07, 6.45) is 4.55. The molecule has 1 atom stereocenters. The normalized spacial score (nSPS) is 17.7. The van der Waals surface area contributed by atoms with Gasteiger partial charge in [0.05, 0.1) is 18.7 Å². The van der Waals surface area contributed by atoms with Crippen molar-refractivity contribution in [1.29, 1.82) is 0 Å². The van der Waals surface area contributed by atoms with Gasteiger partial charge < -0.3 is 19.2 Å². The number of nitrogens with zero attached hydrogens (tertiary/aromatic N) is 5. The summed E-state index contributed by atoms with van der Waals surface area (Å²) in [5, 5.41) is 13.3. The van der Waals surface area contributed by atoms with Crippen LogP contribution in [0.15, 0.2) is 23.0 Å². The van der Waals surface area contributed by atoms with Crippen molar-refractivity contribution in [2.24, 2.45) is 0 Å². The molecule has 0 bridgehead atoms. The number of hydrogen-bond donors (Lipinski definition) is 1. The van der Waals surface area contributed by atoms with Crippen molar-refractivity contribution < 1.29 is 14.2 Å². The minimum absolute atomic E-state index is 0.151. The number of nitrogens with one attached hydrogen (secondary N) is 1. The summed E-state index contributed by atoms with van der Waals surface area (Å²) in [6, 6.07) is 5.31. The highest BCUT2D eigenvalue weighted by molar-refractivity contribution is 5.83. The standard InChI is InChI=1S/C21H26N6O4/c1-29-9-8-27-20(23-24-25-27)19(26-6-4-2-3-5-7-26)15-10-14-11-17-18(31-13-30-17)12-16(14)22-21(15)28/h10-12,19H,2-9,13H2,1H3,(H,22,28)/t19-/m1/s1. The molecule has 2 aliphatic heterocycles.